The average Bonchev–Trinajstić information content (AvgIpc) is 2.87. The molecule has 0 atom stereocenters. The van der Waals surface area contributed by atoms with Crippen LogP contribution < -0.4 is 11.1 Å². The van der Waals surface area contributed by atoms with E-state index in [9.17, 15) is 0 Å². The number of nitrogens with two attached hydrogens (primary N) is 1. The fourth-order valence-corrected chi connectivity index (χ4v) is 2.15. The first-order valence-electron chi connectivity index (χ1n) is 6.79. The van der Waals surface area contributed by atoms with E-state index in [-0.39, 0.29) is 5.84 Å². The molecule has 0 aliphatic rings. The number of pyridine rings is 1. The van der Waals surface area contributed by atoms with Crippen LogP contribution in [0.15, 0.2) is 29.7 Å². The lowest BCUT2D eigenvalue weighted by Gasteiger charge is -2.06. The maximum Gasteiger partial charge on any atom is 0.188 e. The number of oxime groups is 1. The maximum atomic E-state index is 8.66. The molecule has 2 heterocycles. The molecule has 2 rings (SSSR count). The van der Waals surface area contributed by atoms with Gasteiger partial charge in [-0.25, -0.2) is 0 Å². The Hall–Kier alpha value is -2.41. The molecule has 0 amide bonds. The fraction of sp³-hybridized carbons (Fsp3) is 0.357. The number of rotatable bonds is 6. The van der Waals surface area contributed by atoms with E-state index in [4.69, 9.17) is 10.9 Å². The summed E-state index contributed by atoms with van der Waals surface area (Å²) in [4.78, 5) is 4.05. The number of hydrogen-bond acceptors (Lipinski definition) is 5. The second-order valence-electron chi connectivity index (χ2n) is 4.77. The van der Waals surface area contributed by atoms with Crippen LogP contribution in [0.2, 0.25) is 0 Å². The molecule has 0 saturated heterocycles. The number of nitrogens with zero attached hydrogens (tertiary/aromatic N) is 4. The molecule has 4 N–H and O–H groups in total. The highest BCUT2D eigenvalue weighted by Crippen LogP contribution is 2.07. The van der Waals surface area contributed by atoms with Crippen LogP contribution in [0.1, 0.15) is 29.4 Å². The minimum absolute atomic E-state index is 0.0115. The summed E-state index contributed by atoms with van der Waals surface area (Å²) in [7, 11) is 1.93. The van der Waals surface area contributed by atoms with Gasteiger partial charge in [-0.05, 0) is 24.1 Å². The van der Waals surface area contributed by atoms with Crippen molar-refractivity contribution in [2.75, 3.05) is 0 Å². The Morgan fingerprint density at radius 2 is 2.29 bits per heavy atom. The zero-order valence-electron chi connectivity index (χ0n) is 12.2. The molecule has 0 aromatic carbocycles. The van der Waals surface area contributed by atoms with Crippen LogP contribution in [0.3, 0.4) is 0 Å². The van der Waals surface area contributed by atoms with Gasteiger partial charge in [0.1, 0.15) is 5.69 Å². The van der Waals surface area contributed by atoms with Crippen LogP contribution in [0.4, 0.5) is 0 Å². The molecular formula is C14H20N6O. The summed E-state index contributed by atoms with van der Waals surface area (Å²) in [5.74, 6) is 0.0115. The fourth-order valence-electron chi connectivity index (χ4n) is 2.15. The molecule has 0 radical (unpaired) electrons. The molecule has 7 heteroatoms. The first-order chi connectivity index (χ1) is 10.1. The van der Waals surface area contributed by atoms with Crippen molar-refractivity contribution in [2.24, 2.45) is 17.9 Å². The predicted molar refractivity (Wildman–Crippen MR) is 79.9 cm³/mol. The number of aryl methyl sites for hydroxylation is 2. The van der Waals surface area contributed by atoms with E-state index in [1.165, 1.54) is 5.56 Å². The van der Waals surface area contributed by atoms with Gasteiger partial charge in [0.2, 0.25) is 0 Å². The molecule has 2 aromatic rings. The monoisotopic (exact) mass is 288 g/mol. The van der Waals surface area contributed by atoms with Crippen molar-refractivity contribution < 1.29 is 5.21 Å². The van der Waals surface area contributed by atoms with Crippen molar-refractivity contribution in [3.63, 3.8) is 0 Å². The van der Waals surface area contributed by atoms with Crippen LogP contribution in [0.5, 0.6) is 0 Å². The Morgan fingerprint density at radius 1 is 1.48 bits per heavy atom. The first-order valence-corrected chi connectivity index (χ1v) is 6.79. The van der Waals surface area contributed by atoms with Gasteiger partial charge in [0.25, 0.3) is 0 Å². The molecular weight excluding hydrogens is 268 g/mol. The van der Waals surface area contributed by atoms with Crippen molar-refractivity contribution in [3.05, 3.63) is 47.0 Å². The largest absolute Gasteiger partial charge is 0.409 e. The summed E-state index contributed by atoms with van der Waals surface area (Å²) in [5, 5.41) is 19.4. The Bertz CT molecular complexity index is 634. The van der Waals surface area contributed by atoms with Crippen LogP contribution in [-0.4, -0.2) is 25.8 Å². The summed E-state index contributed by atoms with van der Waals surface area (Å²) in [6, 6.07) is 3.69. The lowest BCUT2D eigenvalue weighted by molar-refractivity contribution is 0.318. The normalized spacial score (nSPS) is 11.8. The molecule has 21 heavy (non-hydrogen) atoms. The van der Waals surface area contributed by atoms with E-state index < -0.39 is 0 Å². The van der Waals surface area contributed by atoms with E-state index in [0.29, 0.717) is 12.2 Å². The van der Waals surface area contributed by atoms with Crippen molar-refractivity contribution >= 4 is 5.84 Å². The average molecular weight is 288 g/mol. The van der Waals surface area contributed by atoms with Gasteiger partial charge in [0.15, 0.2) is 5.84 Å². The SMILES string of the molecule is CCc1nn(C)cc1CNCc1ccnc(/C(N)=N/O)c1. The maximum absolute atomic E-state index is 8.66. The van der Waals surface area contributed by atoms with Crippen LogP contribution in [0.25, 0.3) is 0 Å². The van der Waals surface area contributed by atoms with Crippen LogP contribution in [-0.2, 0) is 26.6 Å². The quantitative estimate of drug-likeness (QED) is 0.315. The molecule has 0 bridgehead atoms. The molecule has 7 nitrogen and oxygen atoms in total. The lowest BCUT2D eigenvalue weighted by atomic mass is 10.2. The molecule has 0 spiro atoms. The van der Waals surface area contributed by atoms with Gasteiger partial charge in [-0.2, -0.15) is 5.10 Å². The number of hydrogen-bond donors (Lipinski definition) is 3. The Kier molecular flexibility index (Phi) is 4.89. The summed E-state index contributed by atoms with van der Waals surface area (Å²) >= 11 is 0. The summed E-state index contributed by atoms with van der Waals surface area (Å²) in [5.41, 5.74) is 9.32. The second kappa shape index (κ2) is 6.85. The highest BCUT2D eigenvalue weighted by molar-refractivity contribution is 5.95. The molecule has 0 aliphatic heterocycles. The molecule has 0 unspecified atom stereocenters. The highest BCUT2D eigenvalue weighted by Gasteiger charge is 2.06. The third kappa shape index (κ3) is 3.79. The zero-order valence-corrected chi connectivity index (χ0v) is 12.2. The van der Waals surface area contributed by atoms with Crippen molar-refractivity contribution in [1.82, 2.24) is 20.1 Å². The number of aromatic nitrogens is 3. The first kappa shape index (κ1) is 15.0. The molecule has 112 valence electrons. The minimum Gasteiger partial charge on any atom is -0.409 e. The predicted octanol–water partition coefficient (Wildman–Crippen LogP) is 0.762. The zero-order chi connectivity index (χ0) is 15.2. The Balaban J connectivity index is 1.97. The van der Waals surface area contributed by atoms with E-state index >= 15 is 0 Å². The standard InChI is InChI=1S/C14H20N6O/c1-3-12-11(9-20(2)18-12)8-16-7-10-4-5-17-13(6-10)14(15)19-21/h4-6,9,16,21H,3,7-8H2,1-2H3,(H2,15,19). The van der Waals surface area contributed by atoms with Gasteiger partial charge in [0, 0.05) is 38.1 Å². The van der Waals surface area contributed by atoms with Gasteiger partial charge >= 0.3 is 0 Å². The van der Waals surface area contributed by atoms with E-state index in [0.717, 1.165) is 24.2 Å². The lowest BCUT2D eigenvalue weighted by Crippen LogP contribution is -2.17. The summed E-state index contributed by atoms with van der Waals surface area (Å²) in [6.45, 7) is 3.52. The van der Waals surface area contributed by atoms with Crippen molar-refractivity contribution in [3.8, 4) is 0 Å². The Morgan fingerprint density at radius 3 is 3.00 bits per heavy atom. The van der Waals surface area contributed by atoms with E-state index in [1.54, 1.807) is 12.3 Å². The van der Waals surface area contributed by atoms with Gasteiger partial charge in [-0.1, -0.05) is 12.1 Å². The topological polar surface area (TPSA) is 101 Å². The smallest absolute Gasteiger partial charge is 0.188 e. The van der Waals surface area contributed by atoms with Gasteiger partial charge < -0.3 is 16.3 Å². The summed E-state index contributed by atoms with van der Waals surface area (Å²) in [6.07, 6.45) is 4.59. The van der Waals surface area contributed by atoms with Crippen LogP contribution in [0, 0.1) is 0 Å². The molecule has 0 aliphatic carbocycles. The molecule has 0 saturated carbocycles. The minimum atomic E-state index is 0.0115. The second-order valence-corrected chi connectivity index (χ2v) is 4.77. The van der Waals surface area contributed by atoms with Crippen molar-refractivity contribution in [2.45, 2.75) is 26.4 Å². The van der Waals surface area contributed by atoms with E-state index in [2.05, 4.69) is 27.5 Å². The molecule has 2 aromatic heterocycles. The van der Waals surface area contributed by atoms with Gasteiger partial charge in [-0.3, -0.25) is 9.67 Å². The third-order valence-electron chi connectivity index (χ3n) is 3.17. The Labute approximate surface area is 123 Å². The van der Waals surface area contributed by atoms with Gasteiger partial charge in [-0.15, -0.1) is 0 Å². The third-order valence-corrected chi connectivity index (χ3v) is 3.17. The van der Waals surface area contributed by atoms with E-state index in [1.807, 2.05) is 24.0 Å². The van der Waals surface area contributed by atoms with Crippen molar-refractivity contribution in [1.29, 1.82) is 0 Å². The van der Waals surface area contributed by atoms with Crippen LogP contribution >= 0.6 is 0 Å². The number of nitrogens with one attached hydrogen (secondary N) is 1. The molecule has 0 fully saturated rings. The summed E-state index contributed by atoms with van der Waals surface area (Å²) < 4.78 is 1.83. The number of amidine groups is 1. The van der Waals surface area contributed by atoms with Gasteiger partial charge in [0.05, 0.1) is 5.69 Å². The highest BCUT2D eigenvalue weighted by atomic mass is 16.4.